The molecule has 0 heterocycles. The van der Waals surface area contributed by atoms with Crippen molar-refractivity contribution in [2.24, 2.45) is 0 Å². The molecular weight excluding hydrogens is 336 g/mol. The Morgan fingerprint density at radius 1 is 1.38 bits per heavy atom. The Labute approximate surface area is 132 Å². The number of aromatic carboxylic acids is 1. The second kappa shape index (κ2) is 6.93. The molecule has 2 rings (SSSR count). The van der Waals surface area contributed by atoms with Crippen molar-refractivity contribution in [3.05, 3.63) is 28.2 Å². The van der Waals surface area contributed by atoms with Crippen LogP contribution in [0.4, 0.5) is 10.5 Å². The van der Waals surface area contributed by atoms with Crippen molar-refractivity contribution in [3.8, 4) is 0 Å². The van der Waals surface area contributed by atoms with Gasteiger partial charge in [0.25, 0.3) is 0 Å². The largest absolute Gasteiger partial charge is 0.478 e. The van der Waals surface area contributed by atoms with Gasteiger partial charge in [-0.3, -0.25) is 0 Å². The number of anilines is 1. The SMILES string of the molecule is CCN(C(=O)Nc1c(Br)cccc1C(=O)O)C1CCCC1. The van der Waals surface area contributed by atoms with E-state index in [2.05, 4.69) is 21.2 Å². The summed E-state index contributed by atoms with van der Waals surface area (Å²) in [6.45, 7) is 2.55. The molecule has 1 fully saturated rings. The van der Waals surface area contributed by atoms with Crippen molar-refractivity contribution in [3.63, 3.8) is 0 Å². The number of nitrogens with zero attached hydrogens (tertiary/aromatic N) is 1. The van der Waals surface area contributed by atoms with Crippen molar-refractivity contribution in [1.82, 2.24) is 4.90 Å². The number of carboxylic acid groups (broad SMARTS) is 1. The predicted molar refractivity (Wildman–Crippen MR) is 84.8 cm³/mol. The van der Waals surface area contributed by atoms with E-state index < -0.39 is 5.97 Å². The van der Waals surface area contributed by atoms with Gasteiger partial charge in [-0.2, -0.15) is 0 Å². The fourth-order valence-electron chi connectivity index (χ4n) is 2.79. The molecule has 0 aromatic heterocycles. The number of rotatable bonds is 4. The molecule has 2 amide bonds. The molecule has 1 aromatic carbocycles. The van der Waals surface area contributed by atoms with E-state index >= 15 is 0 Å². The van der Waals surface area contributed by atoms with Gasteiger partial charge in [-0.15, -0.1) is 0 Å². The molecule has 1 aliphatic rings. The normalized spacial score (nSPS) is 15.0. The van der Waals surface area contributed by atoms with Gasteiger partial charge in [-0.25, -0.2) is 9.59 Å². The third-order valence-electron chi connectivity index (χ3n) is 3.84. The van der Waals surface area contributed by atoms with Crippen LogP contribution in [-0.4, -0.2) is 34.6 Å². The summed E-state index contributed by atoms with van der Waals surface area (Å²) in [6, 6.07) is 4.85. The lowest BCUT2D eigenvalue weighted by molar-refractivity contribution is 0.0698. The van der Waals surface area contributed by atoms with E-state index in [-0.39, 0.29) is 17.6 Å². The van der Waals surface area contributed by atoms with Crippen molar-refractivity contribution in [1.29, 1.82) is 0 Å². The van der Waals surface area contributed by atoms with Gasteiger partial charge in [0, 0.05) is 17.1 Å². The van der Waals surface area contributed by atoms with Gasteiger partial charge in [0.15, 0.2) is 0 Å². The van der Waals surface area contributed by atoms with Gasteiger partial charge in [0.05, 0.1) is 11.3 Å². The van der Waals surface area contributed by atoms with Crippen LogP contribution in [0.15, 0.2) is 22.7 Å². The Balaban J connectivity index is 2.20. The van der Waals surface area contributed by atoms with E-state index in [0.717, 1.165) is 25.7 Å². The zero-order chi connectivity index (χ0) is 15.4. The van der Waals surface area contributed by atoms with Crippen molar-refractivity contribution in [2.45, 2.75) is 38.6 Å². The van der Waals surface area contributed by atoms with E-state index in [9.17, 15) is 14.7 Å². The minimum Gasteiger partial charge on any atom is -0.478 e. The topological polar surface area (TPSA) is 69.6 Å². The molecular formula is C15H19BrN2O3. The minimum atomic E-state index is -1.06. The van der Waals surface area contributed by atoms with Crippen LogP contribution in [0.3, 0.4) is 0 Å². The highest BCUT2D eigenvalue weighted by atomic mass is 79.9. The van der Waals surface area contributed by atoms with Gasteiger partial charge < -0.3 is 15.3 Å². The molecule has 21 heavy (non-hydrogen) atoms. The summed E-state index contributed by atoms with van der Waals surface area (Å²) in [5, 5.41) is 12.0. The van der Waals surface area contributed by atoms with E-state index in [1.54, 1.807) is 17.0 Å². The third-order valence-corrected chi connectivity index (χ3v) is 4.50. The quantitative estimate of drug-likeness (QED) is 0.859. The molecule has 0 spiro atoms. The third kappa shape index (κ3) is 3.56. The van der Waals surface area contributed by atoms with E-state index in [4.69, 9.17) is 0 Å². The molecule has 0 bridgehead atoms. The van der Waals surface area contributed by atoms with Gasteiger partial charge >= 0.3 is 12.0 Å². The molecule has 1 aliphatic carbocycles. The highest BCUT2D eigenvalue weighted by Gasteiger charge is 2.26. The standard InChI is InChI=1S/C15H19BrN2O3/c1-2-18(10-6-3-4-7-10)15(21)17-13-11(14(19)20)8-5-9-12(13)16/h5,8-10H,2-4,6-7H2,1H3,(H,17,21)(H,19,20). The number of urea groups is 1. The zero-order valence-electron chi connectivity index (χ0n) is 11.9. The molecule has 1 saturated carbocycles. The monoisotopic (exact) mass is 354 g/mol. The van der Waals surface area contributed by atoms with Crippen molar-refractivity contribution < 1.29 is 14.7 Å². The van der Waals surface area contributed by atoms with Crippen LogP contribution < -0.4 is 5.32 Å². The van der Waals surface area contributed by atoms with Gasteiger partial charge in [0.1, 0.15) is 0 Å². The maximum Gasteiger partial charge on any atom is 0.337 e. The fraction of sp³-hybridized carbons (Fsp3) is 0.467. The molecule has 0 saturated heterocycles. The summed E-state index contributed by atoms with van der Waals surface area (Å²) >= 11 is 3.30. The van der Waals surface area contributed by atoms with Crippen LogP contribution in [0.2, 0.25) is 0 Å². The summed E-state index contributed by atoms with van der Waals surface area (Å²) in [6.07, 6.45) is 4.32. The lowest BCUT2D eigenvalue weighted by atomic mass is 10.2. The van der Waals surface area contributed by atoms with Crippen molar-refractivity contribution in [2.75, 3.05) is 11.9 Å². The lowest BCUT2D eigenvalue weighted by Gasteiger charge is -2.28. The van der Waals surface area contributed by atoms with Crippen molar-refractivity contribution >= 4 is 33.6 Å². The highest BCUT2D eigenvalue weighted by molar-refractivity contribution is 9.10. The number of carbonyl (C=O) groups is 2. The Morgan fingerprint density at radius 2 is 2.05 bits per heavy atom. The van der Waals surface area contributed by atoms with Gasteiger partial charge in [-0.05, 0) is 47.8 Å². The molecule has 1 aromatic rings. The first kappa shape index (κ1) is 15.8. The molecule has 5 nitrogen and oxygen atoms in total. The number of halogens is 1. The minimum absolute atomic E-state index is 0.0835. The number of amides is 2. The fourth-order valence-corrected chi connectivity index (χ4v) is 3.26. The number of hydrogen-bond acceptors (Lipinski definition) is 2. The summed E-state index contributed by atoms with van der Waals surface area (Å²) in [5.74, 6) is -1.06. The Bertz CT molecular complexity index is 542. The van der Waals surface area contributed by atoms with Crippen LogP contribution >= 0.6 is 15.9 Å². The number of carbonyl (C=O) groups excluding carboxylic acids is 1. The molecule has 0 aliphatic heterocycles. The highest BCUT2D eigenvalue weighted by Crippen LogP contribution is 2.28. The second-order valence-corrected chi connectivity index (χ2v) is 5.98. The number of carboxylic acids is 1. The van der Waals surface area contributed by atoms with Gasteiger partial charge in [-0.1, -0.05) is 18.9 Å². The second-order valence-electron chi connectivity index (χ2n) is 5.12. The Hall–Kier alpha value is -1.56. The summed E-state index contributed by atoms with van der Waals surface area (Å²) < 4.78 is 0.568. The number of hydrogen-bond donors (Lipinski definition) is 2. The first-order valence-corrected chi connectivity index (χ1v) is 7.93. The number of para-hydroxylation sites is 1. The first-order chi connectivity index (χ1) is 10.0. The first-order valence-electron chi connectivity index (χ1n) is 7.14. The number of benzene rings is 1. The predicted octanol–water partition coefficient (Wildman–Crippen LogP) is 3.94. The van der Waals surface area contributed by atoms with Crippen LogP contribution in [0.25, 0.3) is 0 Å². The van der Waals surface area contributed by atoms with Crippen LogP contribution in [-0.2, 0) is 0 Å². The maximum atomic E-state index is 12.5. The molecule has 2 N–H and O–H groups in total. The Kier molecular flexibility index (Phi) is 5.22. The molecule has 0 unspecified atom stereocenters. The zero-order valence-corrected chi connectivity index (χ0v) is 13.5. The molecule has 0 atom stereocenters. The van der Waals surface area contributed by atoms with E-state index in [1.165, 1.54) is 6.07 Å². The molecule has 0 radical (unpaired) electrons. The van der Waals surface area contributed by atoms with E-state index in [0.29, 0.717) is 16.7 Å². The van der Waals surface area contributed by atoms with Crippen LogP contribution in [0.5, 0.6) is 0 Å². The summed E-state index contributed by atoms with van der Waals surface area (Å²) in [7, 11) is 0. The maximum absolute atomic E-state index is 12.5. The summed E-state index contributed by atoms with van der Waals surface area (Å²) in [5.41, 5.74) is 0.395. The molecule has 6 heteroatoms. The van der Waals surface area contributed by atoms with Gasteiger partial charge in [0.2, 0.25) is 0 Å². The van der Waals surface area contributed by atoms with E-state index in [1.807, 2.05) is 6.92 Å². The average molecular weight is 355 g/mol. The summed E-state index contributed by atoms with van der Waals surface area (Å²) in [4.78, 5) is 25.5. The number of nitrogens with one attached hydrogen (secondary N) is 1. The Morgan fingerprint density at radius 3 is 2.62 bits per heavy atom. The van der Waals surface area contributed by atoms with Crippen LogP contribution in [0.1, 0.15) is 43.0 Å². The molecule has 114 valence electrons. The smallest absolute Gasteiger partial charge is 0.337 e. The van der Waals surface area contributed by atoms with Crippen LogP contribution in [0, 0.1) is 0 Å². The average Bonchev–Trinajstić information content (AvgIpc) is 2.95. The lowest BCUT2D eigenvalue weighted by Crippen LogP contribution is -2.41.